The highest BCUT2D eigenvalue weighted by atomic mass is 32.2. The Hall–Kier alpha value is -2.96. The van der Waals surface area contributed by atoms with Gasteiger partial charge < -0.3 is 9.30 Å². The van der Waals surface area contributed by atoms with E-state index in [2.05, 4.69) is 25.3 Å². The van der Waals surface area contributed by atoms with Gasteiger partial charge in [-0.05, 0) is 38.8 Å². The van der Waals surface area contributed by atoms with Crippen LogP contribution in [0.15, 0.2) is 35.5 Å². The summed E-state index contributed by atoms with van der Waals surface area (Å²) in [5, 5.41) is 10.8. The second kappa shape index (κ2) is 8.29. The van der Waals surface area contributed by atoms with Gasteiger partial charge in [0.15, 0.2) is 5.82 Å². The highest BCUT2D eigenvalue weighted by molar-refractivity contribution is 7.89. The summed E-state index contributed by atoms with van der Waals surface area (Å²) >= 11 is 0. The van der Waals surface area contributed by atoms with Gasteiger partial charge in [0, 0.05) is 23.5 Å². The second-order valence-electron chi connectivity index (χ2n) is 8.05. The molecule has 0 aliphatic heterocycles. The Morgan fingerprint density at radius 3 is 2.48 bits per heavy atom. The number of aromatic nitrogens is 3. The fourth-order valence-electron chi connectivity index (χ4n) is 4.25. The van der Waals surface area contributed by atoms with E-state index < -0.39 is 10.0 Å². The molecule has 1 aliphatic rings. The van der Waals surface area contributed by atoms with E-state index in [0.29, 0.717) is 22.8 Å². The Labute approximate surface area is 181 Å². The molecule has 162 valence electrons. The molecule has 9 heteroatoms. The Bertz CT molecular complexity index is 1250. The van der Waals surface area contributed by atoms with Gasteiger partial charge in [-0.15, -0.1) is 0 Å². The zero-order valence-corrected chi connectivity index (χ0v) is 18.6. The molecule has 1 fully saturated rings. The fourth-order valence-corrected chi connectivity index (χ4v) is 5.39. The molecule has 0 unspecified atom stereocenters. The second-order valence-corrected chi connectivity index (χ2v) is 9.76. The normalized spacial score (nSPS) is 14.9. The number of methoxy groups -OCH3 is 1. The van der Waals surface area contributed by atoms with Crippen LogP contribution < -0.4 is 9.46 Å². The van der Waals surface area contributed by atoms with E-state index in [9.17, 15) is 13.7 Å². The van der Waals surface area contributed by atoms with Crippen molar-refractivity contribution in [3.63, 3.8) is 0 Å². The predicted molar refractivity (Wildman–Crippen MR) is 117 cm³/mol. The van der Waals surface area contributed by atoms with Gasteiger partial charge in [0.25, 0.3) is 0 Å². The minimum Gasteiger partial charge on any atom is -0.497 e. The van der Waals surface area contributed by atoms with E-state index in [1.807, 2.05) is 18.2 Å². The molecule has 4 rings (SSSR count). The van der Waals surface area contributed by atoms with Crippen LogP contribution in [0.2, 0.25) is 0 Å². The van der Waals surface area contributed by atoms with Gasteiger partial charge in [0.1, 0.15) is 22.4 Å². The number of nitrogens with one attached hydrogen (secondary N) is 1. The van der Waals surface area contributed by atoms with Crippen molar-refractivity contribution in [2.24, 2.45) is 0 Å². The lowest BCUT2D eigenvalue weighted by molar-refractivity contribution is 0.415. The molecular formula is C22H25N5O3S. The third-order valence-electron chi connectivity index (χ3n) is 5.55. The van der Waals surface area contributed by atoms with Gasteiger partial charge in [-0.1, -0.05) is 12.8 Å². The fraction of sp³-hybridized carbons (Fsp3) is 0.409. The number of hydrogen-bond acceptors (Lipinski definition) is 6. The Morgan fingerprint density at radius 1 is 1.23 bits per heavy atom. The van der Waals surface area contributed by atoms with Gasteiger partial charge in [0.2, 0.25) is 10.0 Å². The number of benzene rings is 1. The topological polar surface area (TPSA) is 110 Å². The molecule has 8 nitrogen and oxygen atoms in total. The maximum Gasteiger partial charge on any atom is 0.243 e. The summed E-state index contributed by atoms with van der Waals surface area (Å²) in [5.41, 5.74) is 2.01. The third-order valence-corrected chi connectivity index (χ3v) is 7.17. The van der Waals surface area contributed by atoms with Crippen molar-refractivity contribution in [3.8, 4) is 23.3 Å². The maximum atomic E-state index is 12.4. The van der Waals surface area contributed by atoms with E-state index in [0.717, 1.165) is 36.6 Å². The number of fused-ring (bicyclic) bond motifs is 1. The van der Waals surface area contributed by atoms with Crippen molar-refractivity contribution in [2.45, 2.75) is 56.5 Å². The molecule has 2 aromatic heterocycles. The van der Waals surface area contributed by atoms with E-state index in [1.54, 1.807) is 21.0 Å². The number of nitrogens with zero attached hydrogens (tertiary/aromatic N) is 4. The van der Waals surface area contributed by atoms with Crippen LogP contribution in [0.3, 0.4) is 0 Å². The molecule has 2 heterocycles. The van der Waals surface area contributed by atoms with Crippen LogP contribution in [-0.4, -0.2) is 36.1 Å². The SMILES string of the molecule is COc1ccc2c(C#N)c(-c3ncc(S(=O)(=O)NC(C)C)cn3)n(C3CCCC3)c2c1. The lowest BCUT2D eigenvalue weighted by Crippen LogP contribution is -2.30. The van der Waals surface area contributed by atoms with Crippen molar-refractivity contribution in [1.82, 2.24) is 19.3 Å². The third kappa shape index (κ3) is 3.89. The molecule has 3 aromatic rings. The van der Waals surface area contributed by atoms with Gasteiger partial charge in [-0.25, -0.2) is 23.1 Å². The van der Waals surface area contributed by atoms with Crippen molar-refractivity contribution in [1.29, 1.82) is 5.26 Å². The Balaban J connectivity index is 1.91. The first-order valence-electron chi connectivity index (χ1n) is 10.3. The first kappa shape index (κ1) is 21.3. The number of sulfonamides is 1. The zero-order valence-electron chi connectivity index (χ0n) is 17.8. The number of nitriles is 1. The lowest BCUT2D eigenvalue weighted by Gasteiger charge is -2.18. The molecule has 0 spiro atoms. The molecule has 0 radical (unpaired) electrons. The summed E-state index contributed by atoms with van der Waals surface area (Å²) in [6, 6.07) is 7.95. The maximum absolute atomic E-state index is 12.4. The highest BCUT2D eigenvalue weighted by Gasteiger charge is 2.28. The molecule has 0 bridgehead atoms. The van der Waals surface area contributed by atoms with Crippen LogP contribution in [0.5, 0.6) is 5.75 Å². The average Bonchev–Trinajstić information content (AvgIpc) is 3.37. The summed E-state index contributed by atoms with van der Waals surface area (Å²) in [6.45, 7) is 3.50. The first-order valence-corrected chi connectivity index (χ1v) is 11.8. The van der Waals surface area contributed by atoms with Crippen molar-refractivity contribution >= 4 is 20.9 Å². The lowest BCUT2D eigenvalue weighted by atomic mass is 10.1. The largest absolute Gasteiger partial charge is 0.497 e. The highest BCUT2D eigenvalue weighted by Crippen LogP contribution is 2.41. The first-order chi connectivity index (χ1) is 14.9. The number of rotatable bonds is 6. The summed E-state index contributed by atoms with van der Waals surface area (Å²) in [6.07, 6.45) is 6.84. The summed E-state index contributed by atoms with van der Waals surface area (Å²) in [4.78, 5) is 8.73. The molecule has 0 saturated heterocycles. The molecule has 1 N–H and O–H groups in total. The van der Waals surface area contributed by atoms with Crippen LogP contribution in [0.1, 0.15) is 51.1 Å². The van der Waals surface area contributed by atoms with Gasteiger partial charge in [-0.3, -0.25) is 0 Å². The molecule has 0 amide bonds. The standard InChI is InChI=1S/C22H25N5O3S/c1-14(2)26-31(28,29)17-12-24-22(25-13-17)21-19(11-23)18-9-8-16(30-3)10-20(18)27(21)15-6-4-5-7-15/h8-10,12-15,26H,4-7H2,1-3H3. The molecule has 1 saturated carbocycles. The van der Waals surface area contributed by atoms with Crippen LogP contribution in [0, 0.1) is 11.3 Å². The predicted octanol–water partition coefficient (Wildman–Crippen LogP) is 3.78. The van der Waals surface area contributed by atoms with Crippen molar-refractivity contribution < 1.29 is 13.2 Å². The average molecular weight is 440 g/mol. The Kier molecular flexibility index (Phi) is 5.69. The van der Waals surface area contributed by atoms with Crippen LogP contribution in [0.4, 0.5) is 0 Å². The van der Waals surface area contributed by atoms with Gasteiger partial charge in [-0.2, -0.15) is 5.26 Å². The van der Waals surface area contributed by atoms with Crippen LogP contribution in [-0.2, 0) is 10.0 Å². The van der Waals surface area contributed by atoms with Crippen LogP contribution in [0.25, 0.3) is 22.4 Å². The van der Waals surface area contributed by atoms with Gasteiger partial charge >= 0.3 is 0 Å². The van der Waals surface area contributed by atoms with Crippen molar-refractivity contribution in [3.05, 3.63) is 36.2 Å². The van der Waals surface area contributed by atoms with E-state index in [1.165, 1.54) is 12.4 Å². The van der Waals surface area contributed by atoms with Crippen molar-refractivity contribution in [2.75, 3.05) is 7.11 Å². The van der Waals surface area contributed by atoms with E-state index in [-0.39, 0.29) is 17.0 Å². The molecule has 1 aliphatic carbocycles. The molecule has 31 heavy (non-hydrogen) atoms. The monoisotopic (exact) mass is 439 g/mol. The molecule has 0 atom stereocenters. The number of ether oxygens (including phenoxy) is 1. The molecular weight excluding hydrogens is 414 g/mol. The van der Waals surface area contributed by atoms with E-state index in [4.69, 9.17) is 4.74 Å². The number of hydrogen-bond donors (Lipinski definition) is 1. The van der Waals surface area contributed by atoms with Gasteiger partial charge in [0.05, 0.1) is 30.6 Å². The smallest absolute Gasteiger partial charge is 0.243 e. The Morgan fingerprint density at radius 2 is 1.90 bits per heavy atom. The summed E-state index contributed by atoms with van der Waals surface area (Å²) in [7, 11) is -2.08. The molecule has 1 aromatic carbocycles. The van der Waals surface area contributed by atoms with E-state index >= 15 is 0 Å². The minimum atomic E-state index is -3.70. The summed E-state index contributed by atoms with van der Waals surface area (Å²) in [5.74, 6) is 1.05. The summed E-state index contributed by atoms with van der Waals surface area (Å²) < 4.78 is 35.0. The minimum absolute atomic E-state index is 0.00588. The quantitative estimate of drug-likeness (QED) is 0.626. The van der Waals surface area contributed by atoms with Crippen LogP contribution >= 0.6 is 0 Å². The zero-order chi connectivity index (χ0) is 22.2.